The van der Waals surface area contributed by atoms with E-state index in [-0.39, 0.29) is 0 Å². The van der Waals surface area contributed by atoms with E-state index in [0.29, 0.717) is 0 Å². The SMILES string of the molecule is COc1ccc(-c2[nH]ccc2I)cc1. The van der Waals surface area contributed by atoms with Gasteiger partial charge in [0.2, 0.25) is 0 Å². The predicted molar refractivity (Wildman–Crippen MR) is 65.5 cm³/mol. The van der Waals surface area contributed by atoms with Gasteiger partial charge in [0, 0.05) is 9.77 Å². The molecular weight excluding hydrogens is 289 g/mol. The van der Waals surface area contributed by atoms with Crippen LogP contribution in [0.2, 0.25) is 0 Å². The second-order valence-corrected chi connectivity index (χ2v) is 4.09. The molecule has 0 bridgehead atoms. The van der Waals surface area contributed by atoms with Crippen LogP contribution in [-0.2, 0) is 0 Å². The highest BCUT2D eigenvalue weighted by molar-refractivity contribution is 14.1. The summed E-state index contributed by atoms with van der Waals surface area (Å²) in [5.41, 5.74) is 2.34. The van der Waals surface area contributed by atoms with Crippen molar-refractivity contribution in [3.8, 4) is 17.0 Å². The Kier molecular flexibility index (Phi) is 2.77. The zero-order valence-corrected chi connectivity index (χ0v) is 9.91. The van der Waals surface area contributed by atoms with Gasteiger partial charge in [0.25, 0.3) is 0 Å². The lowest BCUT2D eigenvalue weighted by Gasteiger charge is -2.02. The van der Waals surface area contributed by atoms with Crippen LogP contribution in [0.3, 0.4) is 0 Å². The molecule has 0 amide bonds. The number of ether oxygens (including phenoxy) is 1. The predicted octanol–water partition coefficient (Wildman–Crippen LogP) is 3.29. The molecule has 0 aliphatic heterocycles. The minimum atomic E-state index is 0.885. The van der Waals surface area contributed by atoms with Gasteiger partial charge in [-0.2, -0.15) is 0 Å². The highest BCUT2D eigenvalue weighted by Gasteiger charge is 2.03. The zero-order valence-electron chi connectivity index (χ0n) is 7.75. The molecule has 2 nitrogen and oxygen atoms in total. The summed E-state index contributed by atoms with van der Waals surface area (Å²) in [6.07, 6.45) is 1.95. The van der Waals surface area contributed by atoms with Crippen LogP contribution >= 0.6 is 22.6 Å². The van der Waals surface area contributed by atoms with Crippen LogP contribution in [0, 0.1) is 3.57 Å². The molecule has 14 heavy (non-hydrogen) atoms. The minimum absolute atomic E-state index is 0.885. The normalized spacial score (nSPS) is 10.1. The molecule has 0 radical (unpaired) electrons. The maximum atomic E-state index is 5.10. The van der Waals surface area contributed by atoms with E-state index in [2.05, 4.69) is 33.6 Å². The van der Waals surface area contributed by atoms with E-state index in [4.69, 9.17) is 4.74 Å². The Morgan fingerprint density at radius 1 is 1.14 bits per heavy atom. The van der Waals surface area contributed by atoms with Crippen molar-refractivity contribution in [1.29, 1.82) is 0 Å². The van der Waals surface area contributed by atoms with Crippen molar-refractivity contribution in [3.05, 3.63) is 40.1 Å². The number of rotatable bonds is 2. The fourth-order valence-corrected chi connectivity index (χ4v) is 1.98. The van der Waals surface area contributed by atoms with Crippen molar-refractivity contribution in [1.82, 2.24) is 4.98 Å². The first-order valence-corrected chi connectivity index (χ1v) is 5.36. The molecule has 2 aromatic rings. The maximum Gasteiger partial charge on any atom is 0.118 e. The van der Waals surface area contributed by atoms with Crippen LogP contribution in [0.1, 0.15) is 0 Å². The largest absolute Gasteiger partial charge is 0.497 e. The number of aromatic amines is 1. The standard InChI is InChI=1S/C11H10INO/c1-14-9-4-2-8(3-5-9)11-10(12)6-7-13-11/h2-7,13H,1H3. The molecule has 1 heterocycles. The third-order valence-electron chi connectivity index (χ3n) is 2.07. The Labute approximate surface area is 96.4 Å². The van der Waals surface area contributed by atoms with Crippen molar-refractivity contribution in [2.45, 2.75) is 0 Å². The molecule has 0 aliphatic rings. The lowest BCUT2D eigenvalue weighted by atomic mass is 10.1. The number of aromatic nitrogens is 1. The molecule has 0 spiro atoms. The molecule has 0 saturated heterocycles. The van der Waals surface area contributed by atoms with E-state index in [1.54, 1.807) is 7.11 Å². The number of hydrogen-bond acceptors (Lipinski definition) is 1. The van der Waals surface area contributed by atoms with Crippen molar-refractivity contribution in [2.24, 2.45) is 0 Å². The van der Waals surface area contributed by atoms with Crippen molar-refractivity contribution >= 4 is 22.6 Å². The summed E-state index contributed by atoms with van der Waals surface area (Å²) in [6, 6.07) is 10.1. The minimum Gasteiger partial charge on any atom is -0.497 e. The Morgan fingerprint density at radius 3 is 2.36 bits per heavy atom. The maximum absolute atomic E-state index is 5.10. The molecule has 0 atom stereocenters. The Bertz CT molecular complexity index is 419. The Hall–Kier alpha value is -0.970. The molecule has 3 heteroatoms. The van der Waals surface area contributed by atoms with Gasteiger partial charge in [-0.1, -0.05) is 0 Å². The zero-order chi connectivity index (χ0) is 9.97. The Balaban J connectivity index is 2.39. The van der Waals surface area contributed by atoms with Crippen molar-refractivity contribution < 1.29 is 4.74 Å². The summed E-state index contributed by atoms with van der Waals surface area (Å²) >= 11 is 2.31. The molecule has 0 unspecified atom stereocenters. The van der Waals surface area contributed by atoms with Crippen LogP contribution < -0.4 is 4.74 Å². The molecule has 0 saturated carbocycles. The van der Waals surface area contributed by atoms with E-state index in [9.17, 15) is 0 Å². The van der Waals surface area contributed by atoms with E-state index >= 15 is 0 Å². The quantitative estimate of drug-likeness (QED) is 0.846. The first-order valence-electron chi connectivity index (χ1n) is 4.28. The van der Waals surface area contributed by atoms with Crippen molar-refractivity contribution in [2.75, 3.05) is 7.11 Å². The van der Waals surface area contributed by atoms with E-state index in [1.807, 2.05) is 30.5 Å². The van der Waals surface area contributed by atoms with Gasteiger partial charge in [0.15, 0.2) is 0 Å². The van der Waals surface area contributed by atoms with Gasteiger partial charge in [-0.3, -0.25) is 0 Å². The molecule has 72 valence electrons. The van der Waals surface area contributed by atoms with Crippen LogP contribution in [0.25, 0.3) is 11.3 Å². The summed E-state index contributed by atoms with van der Waals surface area (Å²) in [5.74, 6) is 0.885. The van der Waals surface area contributed by atoms with Gasteiger partial charge in [0.1, 0.15) is 5.75 Å². The number of methoxy groups -OCH3 is 1. The molecule has 0 aliphatic carbocycles. The van der Waals surface area contributed by atoms with E-state index in [0.717, 1.165) is 11.4 Å². The van der Waals surface area contributed by atoms with Gasteiger partial charge in [-0.05, 0) is 58.5 Å². The third-order valence-corrected chi connectivity index (χ3v) is 2.97. The molecule has 1 aromatic heterocycles. The summed E-state index contributed by atoms with van der Waals surface area (Å²) in [5, 5.41) is 0. The first kappa shape index (κ1) is 9.58. The summed E-state index contributed by atoms with van der Waals surface area (Å²) < 4.78 is 6.33. The van der Waals surface area contributed by atoms with Crippen molar-refractivity contribution in [3.63, 3.8) is 0 Å². The van der Waals surface area contributed by atoms with Gasteiger partial charge in [-0.15, -0.1) is 0 Å². The second kappa shape index (κ2) is 4.04. The van der Waals surface area contributed by atoms with Crippen LogP contribution in [0.15, 0.2) is 36.5 Å². The fraction of sp³-hybridized carbons (Fsp3) is 0.0909. The summed E-state index contributed by atoms with van der Waals surface area (Å²) in [7, 11) is 1.67. The average Bonchev–Trinajstić information content (AvgIpc) is 2.65. The number of halogens is 1. The van der Waals surface area contributed by atoms with Crippen LogP contribution in [-0.4, -0.2) is 12.1 Å². The van der Waals surface area contributed by atoms with Gasteiger partial charge in [-0.25, -0.2) is 0 Å². The monoisotopic (exact) mass is 299 g/mol. The highest BCUT2D eigenvalue weighted by Crippen LogP contribution is 2.25. The summed E-state index contributed by atoms with van der Waals surface area (Å²) in [6.45, 7) is 0. The highest BCUT2D eigenvalue weighted by atomic mass is 127. The third kappa shape index (κ3) is 1.77. The average molecular weight is 299 g/mol. The Morgan fingerprint density at radius 2 is 1.86 bits per heavy atom. The number of benzene rings is 1. The molecule has 2 rings (SSSR count). The first-order chi connectivity index (χ1) is 6.81. The number of H-pyrrole nitrogens is 1. The lowest BCUT2D eigenvalue weighted by Crippen LogP contribution is -1.83. The lowest BCUT2D eigenvalue weighted by molar-refractivity contribution is 0.415. The topological polar surface area (TPSA) is 25.0 Å². The van der Waals surface area contributed by atoms with E-state index < -0.39 is 0 Å². The smallest absolute Gasteiger partial charge is 0.118 e. The van der Waals surface area contributed by atoms with Gasteiger partial charge in [0.05, 0.1) is 12.8 Å². The molecule has 1 N–H and O–H groups in total. The summed E-state index contributed by atoms with van der Waals surface area (Å²) in [4.78, 5) is 3.21. The molecule has 1 aromatic carbocycles. The fourth-order valence-electron chi connectivity index (χ4n) is 1.33. The second-order valence-electron chi connectivity index (χ2n) is 2.93. The van der Waals surface area contributed by atoms with Crippen LogP contribution in [0.4, 0.5) is 0 Å². The molecular formula is C11H10INO. The number of nitrogens with one attached hydrogen (secondary N) is 1. The van der Waals surface area contributed by atoms with Gasteiger partial charge < -0.3 is 9.72 Å². The van der Waals surface area contributed by atoms with E-state index in [1.165, 1.54) is 9.13 Å². The van der Waals surface area contributed by atoms with Gasteiger partial charge >= 0.3 is 0 Å². The van der Waals surface area contributed by atoms with Crippen LogP contribution in [0.5, 0.6) is 5.75 Å². The molecule has 0 fully saturated rings. The number of hydrogen-bond donors (Lipinski definition) is 1.